The van der Waals surface area contributed by atoms with Crippen molar-refractivity contribution in [1.29, 1.82) is 0 Å². The Hall–Kier alpha value is -2.89. The molecular weight excluding hydrogens is 461 g/mol. The van der Waals surface area contributed by atoms with Crippen LogP contribution in [0.5, 0.6) is 0 Å². The number of hydrogen-bond donors (Lipinski definition) is 0. The second kappa shape index (κ2) is 12.4. The summed E-state index contributed by atoms with van der Waals surface area (Å²) in [5.74, 6) is -1.70. The zero-order chi connectivity index (χ0) is 25.5. The van der Waals surface area contributed by atoms with E-state index in [4.69, 9.17) is 9.47 Å². The molecule has 3 aromatic rings. The van der Waals surface area contributed by atoms with Gasteiger partial charge in [-0.25, -0.2) is 13.2 Å². The number of ether oxygens (including phenoxy) is 2. The van der Waals surface area contributed by atoms with Crippen LogP contribution in [-0.4, -0.2) is 13.2 Å². The van der Waals surface area contributed by atoms with Gasteiger partial charge in [0.15, 0.2) is 17.9 Å². The van der Waals surface area contributed by atoms with Crippen molar-refractivity contribution in [2.75, 3.05) is 13.2 Å². The summed E-state index contributed by atoms with van der Waals surface area (Å²) in [4.78, 5) is 0. The Morgan fingerprint density at radius 2 is 1.56 bits per heavy atom. The molecule has 1 fully saturated rings. The van der Waals surface area contributed by atoms with E-state index in [2.05, 4.69) is 6.08 Å². The van der Waals surface area contributed by atoms with Gasteiger partial charge >= 0.3 is 0 Å². The first kappa shape index (κ1) is 26.2. The van der Waals surface area contributed by atoms with Crippen LogP contribution >= 0.6 is 0 Å². The molecule has 5 heteroatoms. The maximum Gasteiger partial charge on any atom is 0.186 e. The lowest BCUT2D eigenvalue weighted by Gasteiger charge is -2.29. The van der Waals surface area contributed by atoms with Gasteiger partial charge in [-0.05, 0) is 60.9 Å². The molecule has 0 amide bonds. The highest BCUT2D eigenvalue weighted by Gasteiger charge is 2.25. The fourth-order valence-corrected chi connectivity index (χ4v) is 4.50. The van der Waals surface area contributed by atoms with E-state index in [-0.39, 0.29) is 5.56 Å². The molecule has 2 nitrogen and oxygen atoms in total. The summed E-state index contributed by atoms with van der Waals surface area (Å²) in [5, 5.41) is 0. The van der Waals surface area contributed by atoms with E-state index in [9.17, 15) is 13.2 Å². The predicted molar refractivity (Wildman–Crippen MR) is 138 cm³/mol. The van der Waals surface area contributed by atoms with Crippen molar-refractivity contribution in [2.45, 2.75) is 52.2 Å². The molecule has 0 unspecified atom stereocenters. The molecule has 0 aliphatic carbocycles. The number of halogens is 3. The lowest BCUT2D eigenvalue weighted by Crippen LogP contribution is -2.27. The molecule has 0 radical (unpaired) electrons. The number of allylic oxidation sites excluding steroid dienone is 2. The van der Waals surface area contributed by atoms with Gasteiger partial charge < -0.3 is 9.47 Å². The summed E-state index contributed by atoms with van der Waals surface area (Å²) < 4.78 is 55.8. The average molecular weight is 495 g/mol. The van der Waals surface area contributed by atoms with Crippen LogP contribution < -0.4 is 0 Å². The predicted octanol–water partition coefficient (Wildman–Crippen LogP) is 8.80. The number of unbranched alkanes of at least 4 members (excludes halogenated alkanes) is 1. The van der Waals surface area contributed by atoms with Crippen molar-refractivity contribution >= 4 is 0 Å². The number of hydrogen-bond acceptors (Lipinski definition) is 2. The SMILES string of the molecule is CC=CCCC1COC(c2ccc(-c3ccc(-c4ccc(CCCC)c(F)c4F)cc3)cc2F)OC1. The normalized spacial score (nSPS) is 18.1. The summed E-state index contributed by atoms with van der Waals surface area (Å²) in [5.41, 5.74) is 3.03. The van der Waals surface area contributed by atoms with Crippen LogP contribution in [0, 0.1) is 23.4 Å². The first-order valence-corrected chi connectivity index (χ1v) is 12.7. The van der Waals surface area contributed by atoms with E-state index in [1.165, 1.54) is 6.07 Å². The van der Waals surface area contributed by atoms with E-state index in [1.54, 1.807) is 42.5 Å². The van der Waals surface area contributed by atoms with Gasteiger partial charge in [0.05, 0.1) is 13.2 Å². The Morgan fingerprint density at radius 1 is 0.861 bits per heavy atom. The molecule has 0 bridgehead atoms. The fourth-order valence-electron chi connectivity index (χ4n) is 4.50. The van der Waals surface area contributed by atoms with Gasteiger partial charge in [-0.15, -0.1) is 0 Å². The van der Waals surface area contributed by atoms with E-state index in [0.29, 0.717) is 47.8 Å². The summed E-state index contributed by atoms with van der Waals surface area (Å²) >= 11 is 0. The Labute approximate surface area is 211 Å². The molecule has 0 atom stereocenters. The molecule has 1 aliphatic heterocycles. The monoisotopic (exact) mass is 494 g/mol. The maximum absolute atomic E-state index is 15.0. The Morgan fingerprint density at radius 3 is 2.22 bits per heavy atom. The van der Waals surface area contributed by atoms with Gasteiger partial charge in [0.2, 0.25) is 0 Å². The topological polar surface area (TPSA) is 18.5 Å². The van der Waals surface area contributed by atoms with Gasteiger partial charge in [-0.1, -0.05) is 74.0 Å². The van der Waals surface area contributed by atoms with Gasteiger partial charge in [0.1, 0.15) is 5.82 Å². The van der Waals surface area contributed by atoms with Crippen LogP contribution in [0.2, 0.25) is 0 Å². The minimum absolute atomic E-state index is 0.219. The molecule has 1 saturated heterocycles. The van der Waals surface area contributed by atoms with Crippen molar-refractivity contribution in [3.8, 4) is 22.3 Å². The largest absolute Gasteiger partial charge is 0.348 e. The molecule has 0 N–H and O–H groups in total. The average Bonchev–Trinajstić information content (AvgIpc) is 2.90. The van der Waals surface area contributed by atoms with E-state index < -0.39 is 23.7 Å². The molecule has 1 aliphatic rings. The smallest absolute Gasteiger partial charge is 0.186 e. The van der Waals surface area contributed by atoms with Crippen molar-refractivity contribution in [2.24, 2.45) is 5.92 Å². The van der Waals surface area contributed by atoms with Crippen LogP contribution in [0.15, 0.2) is 66.7 Å². The van der Waals surface area contributed by atoms with Gasteiger partial charge in [-0.2, -0.15) is 0 Å². The Balaban J connectivity index is 1.44. The lowest BCUT2D eigenvalue weighted by atomic mass is 9.97. The van der Waals surface area contributed by atoms with Gasteiger partial charge in [0, 0.05) is 17.0 Å². The number of benzene rings is 3. The molecule has 0 saturated carbocycles. The number of aryl methyl sites for hydroxylation is 1. The zero-order valence-corrected chi connectivity index (χ0v) is 20.9. The van der Waals surface area contributed by atoms with Gasteiger partial charge in [0.25, 0.3) is 0 Å². The fraction of sp³-hybridized carbons (Fsp3) is 0.355. The van der Waals surface area contributed by atoms with Crippen molar-refractivity contribution in [3.05, 3.63) is 95.3 Å². The van der Waals surface area contributed by atoms with Crippen LogP contribution in [0.25, 0.3) is 22.3 Å². The van der Waals surface area contributed by atoms with Crippen molar-refractivity contribution in [1.82, 2.24) is 0 Å². The third-order valence-electron chi connectivity index (χ3n) is 6.69. The van der Waals surface area contributed by atoms with Crippen LogP contribution in [0.3, 0.4) is 0 Å². The minimum Gasteiger partial charge on any atom is -0.348 e. The van der Waals surface area contributed by atoms with Crippen LogP contribution in [0.4, 0.5) is 13.2 Å². The summed E-state index contributed by atoms with van der Waals surface area (Å²) in [7, 11) is 0. The highest BCUT2D eigenvalue weighted by Crippen LogP contribution is 2.33. The Bertz CT molecular complexity index is 1180. The minimum atomic E-state index is -0.830. The lowest BCUT2D eigenvalue weighted by molar-refractivity contribution is -0.207. The first-order valence-electron chi connectivity index (χ1n) is 12.7. The molecular formula is C31H33F3O2. The quantitative estimate of drug-likeness (QED) is 0.277. The van der Waals surface area contributed by atoms with E-state index in [0.717, 1.165) is 31.2 Å². The maximum atomic E-state index is 15.0. The van der Waals surface area contributed by atoms with Crippen LogP contribution in [-0.2, 0) is 15.9 Å². The third-order valence-corrected chi connectivity index (χ3v) is 6.69. The number of rotatable bonds is 9. The summed E-state index contributed by atoms with van der Waals surface area (Å²) in [6, 6.07) is 15.3. The zero-order valence-electron chi connectivity index (χ0n) is 20.9. The van der Waals surface area contributed by atoms with E-state index in [1.807, 2.05) is 26.0 Å². The standard InChI is InChI=1S/C31H33F3O2/c1-3-5-7-8-21-19-35-31(36-20-21)27-17-15-25(18-28(27)32)22-10-12-23(13-11-22)26-16-14-24(9-6-4-2)29(33)30(26)34/h3,5,10-18,21,31H,4,6-9,19-20H2,1-2H3. The van der Waals surface area contributed by atoms with Crippen LogP contribution in [0.1, 0.15) is 56.9 Å². The molecule has 36 heavy (non-hydrogen) atoms. The summed E-state index contributed by atoms with van der Waals surface area (Å²) in [6.07, 6.45) is 7.66. The van der Waals surface area contributed by atoms with Crippen molar-refractivity contribution < 1.29 is 22.6 Å². The molecule has 190 valence electrons. The molecule has 3 aromatic carbocycles. The second-order valence-corrected chi connectivity index (χ2v) is 9.33. The highest BCUT2D eigenvalue weighted by molar-refractivity contribution is 5.71. The molecule has 0 spiro atoms. The molecule has 1 heterocycles. The third kappa shape index (κ3) is 6.08. The van der Waals surface area contributed by atoms with Gasteiger partial charge in [-0.3, -0.25) is 0 Å². The molecule has 4 rings (SSSR count). The van der Waals surface area contributed by atoms with E-state index >= 15 is 0 Å². The summed E-state index contributed by atoms with van der Waals surface area (Å²) in [6.45, 7) is 5.10. The first-order chi connectivity index (χ1) is 17.5. The van der Waals surface area contributed by atoms with Crippen molar-refractivity contribution in [3.63, 3.8) is 0 Å². The Kier molecular flexibility index (Phi) is 9.00. The second-order valence-electron chi connectivity index (χ2n) is 9.33. The highest BCUT2D eigenvalue weighted by atomic mass is 19.2. The molecule has 0 aromatic heterocycles.